The molecule has 0 fully saturated rings. The zero-order chi connectivity index (χ0) is 17.3. The summed E-state index contributed by atoms with van der Waals surface area (Å²) in [5.41, 5.74) is 0.669. The van der Waals surface area contributed by atoms with E-state index in [1.807, 2.05) is 24.3 Å². The number of hydrogen-bond acceptors (Lipinski definition) is 5. The second-order valence-corrected chi connectivity index (χ2v) is 6.16. The van der Waals surface area contributed by atoms with Gasteiger partial charge in [0.15, 0.2) is 4.96 Å². The number of hydrogen-bond donors (Lipinski definition) is 1. The molecule has 0 saturated carbocycles. The van der Waals surface area contributed by atoms with Crippen molar-refractivity contribution >= 4 is 46.0 Å². The van der Waals surface area contributed by atoms with Crippen LogP contribution in [0.5, 0.6) is 5.75 Å². The summed E-state index contributed by atoms with van der Waals surface area (Å²) in [6.07, 6.45) is 4.60. The minimum Gasteiger partial charge on any atom is -0.497 e. The van der Waals surface area contributed by atoms with Gasteiger partial charge in [0.1, 0.15) is 15.6 Å². The Morgan fingerprint density at radius 1 is 1.33 bits per heavy atom. The van der Waals surface area contributed by atoms with E-state index >= 15 is 0 Å². The van der Waals surface area contributed by atoms with E-state index in [0.717, 1.165) is 27.1 Å². The summed E-state index contributed by atoms with van der Waals surface area (Å²) >= 11 is 6.98. The molecule has 0 atom stereocenters. The van der Waals surface area contributed by atoms with Crippen LogP contribution in [0.3, 0.4) is 0 Å². The standard InChI is InChI=1S/C16H11ClN2O4S/c1-23-10-5-2-9(3-6-10)4-7-11-13(17)14(20)19-8-12(15(21)22)24-16(19)18-11/h2-8H,1H3,(H,21,22). The lowest BCUT2D eigenvalue weighted by atomic mass is 10.2. The van der Waals surface area contributed by atoms with Crippen molar-refractivity contribution in [3.63, 3.8) is 0 Å². The van der Waals surface area contributed by atoms with Gasteiger partial charge < -0.3 is 9.84 Å². The number of carboxylic acid groups (broad SMARTS) is 1. The van der Waals surface area contributed by atoms with Crippen LogP contribution >= 0.6 is 22.9 Å². The molecule has 6 nitrogen and oxygen atoms in total. The maximum atomic E-state index is 12.2. The molecule has 0 aliphatic rings. The number of aromatic carboxylic acids is 1. The molecule has 0 spiro atoms. The molecule has 1 aromatic carbocycles. The smallest absolute Gasteiger partial charge is 0.347 e. The van der Waals surface area contributed by atoms with Crippen LogP contribution in [0.25, 0.3) is 17.1 Å². The Balaban J connectivity index is 2.02. The van der Waals surface area contributed by atoms with Crippen LogP contribution < -0.4 is 10.3 Å². The Morgan fingerprint density at radius 2 is 2.04 bits per heavy atom. The first-order valence-electron chi connectivity index (χ1n) is 6.76. The van der Waals surface area contributed by atoms with E-state index < -0.39 is 11.5 Å². The first-order valence-corrected chi connectivity index (χ1v) is 7.96. The summed E-state index contributed by atoms with van der Waals surface area (Å²) in [4.78, 5) is 27.8. The number of nitrogens with zero attached hydrogens (tertiary/aromatic N) is 2. The number of fused-ring (bicyclic) bond motifs is 1. The molecule has 0 aliphatic carbocycles. The van der Waals surface area contributed by atoms with Gasteiger partial charge in [0, 0.05) is 6.20 Å². The number of aromatic nitrogens is 2. The summed E-state index contributed by atoms with van der Waals surface area (Å²) < 4.78 is 6.23. The highest BCUT2D eigenvalue weighted by Gasteiger charge is 2.14. The Kier molecular flexibility index (Phi) is 4.37. The lowest BCUT2D eigenvalue weighted by molar-refractivity contribution is 0.0702. The molecular weight excluding hydrogens is 352 g/mol. The largest absolute Gasteiger partial charge is 0.497 e. The van der Waals surface area contributed by atoms with Crippen molar-refractivity contribution in [3.05, 3.63) is 62.0 Å². The minimum absolute atomic E-state index is 0.0203. The van der Waals surface area contributed by atoms with Gasteiger partial charge >= 0.3 is 5.97 Å². The van der Waals surface area contributed by atoms with Crippen LogP contribution in [0.2, 0.25) is 5.02 Å². The van der Waals surface area contributed by atoms with Crippen LogP contribution in [0.15, 0.2) is 35.3 Å². The number of methoxy groups -OCH3 is 1. The van der Waals surface area contributed by atoms with Gasteiger partial charge in [0.25, 0.3) is 5.56 Å². The average molecular weight is 363 g/mol. The summed E-state index contributed by atoms with van der Waals surface area (Å²) in [5.74, 6) is -0.376. The topological polar surface area (TPSA) is 80.9 Å². The molecule has 2 heterocycles. The van der Waals surface area contributed by atoms with E-state index in [1.165, 1.54) is 6.20 Å². The third-order valence-corrected chi connectivity index (χ3v) is 4.59. The van der Waals surface area contributed by atoms with Crippen molar-refractivity contribution in [2.75, 3.05) is 7.11 Å². The third kappa shape index (κ3) is 3.04. The van der Waals surface area contributed by atoms with Gasteiger partial charge in [-0.25, -0.2) is 9.78 Å². The predicted octanol–water partition coefficient (Wildman–Crippen LogP) is 3.29. The van der Waals surface area contributed by atoms with Crippen molar-refractivity contribution in [2.45, 2.75) is 0 Å². The Labute approximate surface area is 145 Å². The maximum absolute atomic E-state index is 12.2. The van der Waals surface area contributed by atoms with Gasteiger partial charge in [-0.1, -0.05) is 41.1 Å². The van der Waals surface area contributed by atoms with Crippen molar-refractivity contribution in [1.29, 1.82) is 0 Å². The van der Waals surface area contributed by atoms with Crippen LogP contribution in [-0.4, -0.2) is 27.6 Å². The van der Waals surface area contributed by atoms with E-state index in [1.54, 1.807) is 19.3 Å². The summed E-state index contributed by atoms with van der Waals surface area (Å²) in [6.45, 7) is 0. The Morgan fingerprint density at radius 3 is 2.67 bits per heavy atom. The number of rotatable bonds is 4. The van der Waals surface area contributed by atoms with Crippen molar-refractivity contribution in [3.8, 4) is 5.75 Å². The number of ether oxygens (including phenoxy) is 1. The second kappa shape index (κ2) is 6.46. The van der Waals surface area contributed by atoms with Crippen molar-refractivity contribution in [2.24, 2.45) is 0 Å². The predicted molar refractivity (Wildman–Crippen MR) is 93.2 cm³/mol. The number of carbonyl (C=O) groups is 1. The highest BCUT2D eigenvalue weighted by molar-refractivity contribution is 7.18. The van der Waals surface area contributed by atoms with E-state index in [0.29, 0.717) is 0 Å². The van der Waals surface area contributed by atoms with E-state index in [9.17, 15) is 9.59 Å². The first kappa shape index (κ1) is 16.2. The zero-order valence-electron chi connectivity index (χ0n) is 12.4. The van der Waals surface area contributed by atoms with Crippen LogP contribution in [0.1, 0.15) is 20.9 Å². The van der Waals surface area contributed by atoms with Gasteiger partial charge in [-0.3, -0.25) is 9.20 Å². The molecule has 3 rings (SSSR count). The number of carboxylic acids is 1. The summed E-state index contributed by atoms with van der Waals surface area (Å²) in [5, 5.41) is 8.96. The molecule has 0 bridgehead atoms. The van der Waals surface area contributed by atoms with Crippen LogP contribution in [-0.2, 0) is 0 Å². The molecular formula is C16H11ClN2O4S. The molecule has 0 aliphatic heterocycles. The number of halogens is 1. The Hall–Kier alpha value is -2.64. The lowest BCUT2D eigenvalue weighted by Gasteiger charge is -2.00. The van der Waals surface area contributed by atoms with Gasteiger partial charge in [-0.05, 0) is 23.8 Å². The van der Waals surface area contributed by atoms with E-state index in [-0.39, 0.29) is 20.6 Å². The fraction of sp³-hybridized carbons (Fsp3) is 0.0625. The molecule has 0 saturated heterocycles. The third-order valence-electron chi connectivity index (χ3n) is 3.26. The average Bonchev–Trinajstić information content (AvgIpc) is 3.02. The summed E-state index contributed by atoms with van der Waals surface area (Å²) in [6, 6.07) is 7.32. The highest BCUT2D eigenvalue weighted by atomic mass is 35.5. The SMILES string of the molecule is COc1ccc(C=Cc2nc3sc(C(=O)O)cn3c(=O)c2Cl)cc1. The van der Waals surface area contributed by atoms with Gasteiger partial charge in [-0.2, -0.15) is 0 Å². The highest BCUT2D eigenvalue weighted by Crippen LogP contribution is 2.20. The minimum atomic E-state index is -1.11. The number of benzene rings is 1. The molecule has 0 amide bonds. The van der Waals surface area contributed by atoms with E-state index in [2.05, 4.69) is 4.98 Å². The molecule has 2 aromatic heterocycles. The van der Waals surface area contributed by atoms with Crippen molar-refractivity contribution < 1.29 is 14.6 Å². The van der Waals surface area contributed by atoms with Gasteiger partial charge in [0.2, 0.25) is 0 Å². The maximum Gasteiger partial charge on any atom is 0.347 e. The van der Waals surface area contributed by atoms with Crippen LogP contribution in [0.4, 0.5) is 0 Å². The fourth-order valence-corrected chi connectivity index (χ4v) is 3.05. The van der Waals surface area contributed by atoms with Gasteiger partial charge in [-0.15, -0.1) is 0 Å². The normalized spacial score (nSPS) is 11.2. The first-order chi connectivity index (χ1) is 11.5. The molecule has 122 valence electrons. The molecule has 24 heavy (non-hydrogen) atoms. The van der Waals surface area contributed by atoms with E-state index in [4.69, 9.17) is 21.4 Å². The molecule has 1 N–H and O–H groups in total. The molecule has 0 unspecified atom stereocenters. The zero-order valence-corrected chi connectivity index (χ0v) is 14.0. The Bertz CT molecular complexity index is 1010. The van der Waals surface area contributed by atoms with Crippen LogP contribution in [0, 0.1) is 0 Å². The second-order valence-electron chi connectivity index (χ2n) is 4.78. The monoisotopic (exact) mass is 362 g/mol. The van der Waals surface area contributed by atoms with Crippen molar-refractivity contribution in [1.82, 2.24) is 9.38 Å². The fourth-order valence-electron chi connectivity index (χ4n) is 2.04. The quantitative estimate of drug-likeness (QED) is 0.770. The molecule has 0 radical (unpaired) electrons. The molecule has 3 aromatic rings. The molecule has 8 heteroatoms. The number of thiazole rings is 1. The van der Waals surface area contributed by atoms with Gasteiger partial charge in [0.05, 0.1) is 12.8 Å². The lowest BCUT2D eigenvalue weighted by Crippen LogP contribution is -2.14. The summed E-state index contributed by atoms with van der Waals surface area (Å²) in [7, 11) is 1.59.